The first-order chi connectivity index (χ1) is 9.58. The number of carbonyl (C=O) groups is 2. The van der Waals surface area contributed by atoms with E-state index in [1.807, 2.05) is 4.90 Å². The zero-order valence-corrected chi connectivity index (χ0v) is 11.8. The molecule has 2 N–H and O–H groups in total. The van der Waals surface area contributed by atoms with Gasteiger partial charge in [-0.25, -0.2) is 4.79 Å². The van der Waals surface area contributed by atoms with Gasteiger partial charge in [0.1, 0.15) is 0 Å². The lowest BCUT2D eigenvalue weighted by atomic mass is 10.1. The number of nitrogens with one attached hydrogen (secondary N) is 1. The van der Waals surface area contributed by atoms with E-state index in [1.165, 1.54) is 6.07 Å². The second-order valence-electron chi connectivity index (χ2n) is 4.79. The average Bonchev–Trinajstić information content (AvgIpc) is 2.46. The van der Waals surface area contributed by atoms with Crippen molar-refractivity contribution < 1.29 is 14.7 Å². The highest BCUT2D eigenvalue weighted by atomic mass is 35.5. The lowest BCUT2D eigenvalue weighted by molar-refractivity contribution is -0.130. The first-order valence-corrected chi connectivity index (χ1v) is 7.00. The maximum Gasteiger partial charge on any atom is 0.337 e. The molecule has 0 radical (unpaired) electrons. The molecule has 0 aromatic heterocycles. The molecule has 5 nitrogen and oxygen atoms in total. The largest absolute Gasteiger partial charge is 0.478 e. The SMILES string of the molecule is O=C(O)c1cc(Cl)ccc1NCC(=O)N1CCCCC1. The van der Waals surface area contributed by atoms with Crippen molar-refractivity contribution in [2.45, 2.75) is 19.3 Å². The number of hydrogen-bond acceptors (Lipinski definition) is 3. The van der Waals surface area contributed by atoms with Crippen LogP contribution in [0, 0.1) is 0 Å². The molecular weight excluding hydrogens is 280 g/mol. The molecule has 108 valence electrons. The van der Waals surface area contributed by atoms with Gasteiger partial charge in [-0.2, -0.15) is 0 Å². The minimum Gasteiger partial charge on any atom is -0.478 e. The summed E-state index contributed by atoms with van der Waals surface area (Å²) in [4.78, 5) is 24.9. The number of likely N-dealkylation sites (tertiary alicyclic amines) is 1. The maximum atomic E-state index is 12.0. The molecular formula is C14H17ClN2O3. The molecule has 20 heavy (non-hydrogen) atoms. The van der Waals surface area contributed by atoms with Gasteiger partial charge >= 0.3 is 5.97 Å². The summed E-state index contributed by atoms with van der Waals surface area (Å²) in [6.07, 6.45) is 3.23. The van der Waals surface area contributed by atoms with Crippen LogP contribution in [-0.2, 0) is 4.79 Å². The summed E-state index contributed by atoms with van der Waals surface area (Å²) in [6.45, 7) is 1.67. The molecule has 1 fully saturated rings. The van der Waals surface area contributed by atoms with Crippen LogP contribution >= 0.6 is 11.6 Å². The van der Waals surface area contributed by atoms with Crippen LogP contribution in [0.5, 0.6) is 0 Å². The predicted octanol–water partition coefficient (Wildman–Crippen LogP) is 2.46. The molecule has 1 saturated heterocycles. The maximum absolute atomic E-state index is 12.0. The molecule has 1 amide bonds. The van der Waals surface area contributed by atoms with Crippen molar-refractivity contribution in [1.29, 1.82) is 0 Å². The van der Waals surface area contributed by atoms with E-state index in [9.17, 15) is 9.59 Å². The molecule has 0 saturated carbocycles. The van der Waals surface area contributed by atoms with Gasteiger partial charge in [-0.3, -0.25) is 4.79 Å². The van der Waals surface area contributed by atoms with Crippen molar-refractivity contribution in [3.8, 4) is 0 Å². The molecule has 0 unspecified atom stereocenters. The fraction of sp³-hybridized carbons (Fsp3) is 0.429. The van der Waals surface area contributed by atoms with Crippen molar-refractivity contribution in [2.75, 3.05) is 25.0 Å². The zero-order chi connectivity index (χ0) is 14.5. The van der Waals surface area contributed by atoms with Gasteiger partial charge in [-0.05, 0) is 37.5 Å². The number of rotatable bonds is 4. The smallest absolute Gasteiger partial charge is 0.337 e. The van der Waals surface area contributed by atoms with Gasteiger partial charge in [-0.15, -0.1) is 0 Å². The Morgan fingerprint density at radius 3 is 2.60 bits per heavy atom. The van der Waals surface area contributed by atoms with E-state index >= 15 is 0 Å². The number of benzene rings is 1. The Morgan fingerprint density at radius 2 is 1.95 bits per heavy atom. The summed E-state index contributed by atoms with van der Waals surface area (Å²) in [5.74, 6) is -1.07. The summed E-state index contributed by atoms with van der Waals surface area (Å²) >= 11 is 5.78. The highest BCUT2D eigenvalue weighted by Gasteiger charge is 2.17. The second kappa shape index (κ2) is 6.61. The number of piperidine rings is 1. The quantitative estimate of drug-likeness (QED) is 0.895. The van der Waals surface area contributed by atoms with Crippen molar-refractivity contribution >= 4 is 29.2 Å². The number of nitrogens with zero attached hydrogens (tertiary/aromatic N) is 1. The van der Waals surface area contributed by atoms with E-state index in [2.05, 4.69) is 5.32 Å². The topological polar surface area (TPSA) is 69.6 Å². The number of anilines is 1. The summed E-state index contributed by atoms with van der Waals surface area (Å²) in [5.41, 5.74) is 0.483. The van der Waals surface area contributed by atoms with E-state index in [0.29, 0.717) is 10.7 Å². The van der Waals surface area contributed by atoms with Gasteiger partial charge in [0.05, 0.1) is 12.1 Å². The predicted molar refractivity (Wildman–Crippen MR) is 77.3 cm³/mol. The van der Waals surface area contributed by atoms with Crippen LogP contribution in [0.1, 0.15) is 29.6 Å². The van der Waals surface area contributed by atoms with Crippen LogP contribution in [0.3, 0.4) is 0 Å². The monoisotopic (exact) mass is 296 g/mol. The van der Waals surface area contributed by atoms with Crippen molar-refractivity contribution in [3.05, 3.63) is 28.8 Å². The Balaban J connectivity index is 1.99. The second-order valence-corrected chi connectivity index (χ2v) is 5.23. The van der Waals surface area contributed by atoms with Crippen LogP contribution in [0.4, 0.5) is 5.69 Å². The number of halogens is 1. The molecule has 1 aliphatic rings. The molecule has 6 heteroatoms. The summed E-state index contributed by atoms with van der Waals surface area (Å²) in [7, 11) is 0. The summed E-state index contributed by atoms with van der Waals surface area (Å²) in [5, 5.41) is 12.4. The van der Waals surface area contributed by atoms with Crippen LogP contribution in [0.15, 0.2) is 18.2 Å². The lowest BCUT2D eigenvalue weighted by Crippen LogP contribution is -2.39. The van der Waals surface area contributed by atoms with Crippen LogP contribution in [0.25, 0.3) is 0 Å². The number of hydrogen-bond donors (Lipinski definition) is 2. The molecule has 1 aromatic rings. The third-order valence-electron chi connectivity index (χ3n) is 3.35. The Bertz CT molecular complexity index is 513. The first-order valence-electron chi connectivity index (χ1n) is 6.62. The van der Waals surface area contributed by atoms with E-state index < -0.39 is 5.97 Å². The summed E-state index contributed by atoms with van der Waals surface area (Å²) in [6, 6.07) is 4.55. The van der Waals surface area contributed by atoms with Gasteiger partial charge in [-0.1, -0.05) is 11.6 Å². The Morgan fingerprint density at radius 1 is 1.25 bits per heavy atom. The molecule has 0 atom stereocenters. The molecule has 1 heterocycles. The minimum absolute atomic E-state index is 0.00371. The number of aromatic carboxylic acids is 1. The van der Waals surface area contributed by atoms with Crippen LogP contribution in [0.2, 0.25) is 5.02 Å². The molecule has 1 aromatic carbocycles. The number of carbonyl (C=O) groups excluding carboxylic acids is 1. The fourth-order valence-electron chi connectivity index (χ4n) is 2.27. The normalized spacial score (nSPS) is 14.9. The van der Waals surface area contributed by atoms with Crippen LogP contribution in [-0.4, -0.2) is 41.5 Å². The van der Waals surface area contributed by atoms with E-state index in [-0.39, 0.29) is 18.0 Å². The van der Waals surface area contributed by atoms with Gasteiger partial charge in [0.2, 0.25) is 5.91 Å². The lowest BCUT2D eigenvalue weighted by Gasteiger charge is -2.27. The Kier molecular flexibility index (Phi) is 4.84. The molecule has 0 bridgehead atoms. The van der Waals surface area contributed by atoms with Crippen molar-refractivity contribution in [2.24, 2.45) is 0 Å². The van der Waals surface area contributed by atoms with Crippen molar-refractivity contribution in [3.63, 3.8) is 0 Å². The highest BCUT2D eigenvalue weighted by Crippen LogP contribution is 2.20. The first kappa shape index (κ1) is 14.7. The summed E-state index contributed by atoms with van der Waals surface area (Å²) < 4.78 is 0. The number of carboxylic acids is 1. The molecule has 0 spiro atoms. The van der Waals surface area contributed by atoms with E-state index in [0.717, 1.165) is 32.4 Å². The zero-order valence-electron chi connectivity index (χ0n) is 11.1. The van der Waals surface area contributed by atoms with Gasteiger partial charge in [0, 0.05) is 23.8 Å². The minimum atomic E-state index is -1.07. The third kappa shape index (κ3) is 3.63. The van der Waals surface area contributed by atoms with Gasteiger partial charge in [0.15, 0.2) is 0 Å². The van der Waals surface area contributed by atoms with E-state index in [1.54, 1.807) is 12.1 Å². The van der Waals surface area contributed by atoms with Crippen LogP contribution < -0.4 is 5.32 Å². The fourth-order valence-corrected chi connectivity index (χ4v) is 2.45. The molecule has 1 aliphatic heterocycles. The molecule has 2 rings (SSSR count). The number of carboxylic acid groups (broad SMARTS) is 1. The Labute approximate surface area is 122 Å². The Hall–Kier alpha value is -1.75. The standard InChI is InChI=1S/C14H17ClN2O3/c15-10-4-5-12(11(8-10)14(19)20)16-9-13(18)17-6-2-1-3-7-17/h4-5,8,16H,1-3,6-7,9H2,(H,19,20). The third-order valence-corrected chi connectivity index (χ3v) is 3.59. The number of amides is 1. The van der Waals surface area contributed by atoms with E-state index in [4.69, 9.17) is 16.7 Å². The van der Waals surface area contributed by atoms with Crippen molar-refractivity contribution in [1.82, 2.24) is 4.90 Å². The highest BCUT2D eigenvalue weighted by molar-refractivity contribution is 6.31. The van der Waals surface area contributed by atoms with Gasteiger partial charge in [0.25, 0.3) is 0 Å². The molecule has 0 aliphatic carbocycles. The average molecular weight is 297 g/mol. The van der Waals surface area contributed by atoms with Gasteiger partial charge < -0.3 is 15.3 Å².